The fourth-order valence-electron chi connectivity index (χ4n) is 2.27. The summed E-state index contributed by atoms with van der Waals surface area (Å²) >= 11 is 3.29. The van der Waals surface area contributed by atoms with Crippen molar-refractivity contribution in [1.82, 2.24) is 4.72 Å². The van der Waals surface area contributed by atoms with Crippen LogP contribution in [0.3, 0.4) is 0 Å². The van der Waals surface area contributed by atoms with Crippen LogP contribution in [0.1, 0.15) is 19.3 Å². The van der Waals surface area contributed by atoms with Crippen molar-refractivity contribution in [3.8, 4) is 5.75 Å². The molecule has 1 atom stereocenters. The lowest BCUT2D eigenvalue weighted by molar-refractivity contribution is 0.0169. The van der Waals surface area contributed by atoms with Gasteiger partial charge in [0.05, 0.1) is 29.2 Å². The monoisotopic (exact) mass is 407 g/mol. The highest BCUT2D eigenvalue weighted by molar-refractivity contribution is 9.10. The van der Waals surface area contributed by atoms with E-state index in [0.29, 0.717) is 36.4 Å². The third-order valence-electron chi connectivity index (χ3n) is 3.52. The first-order chi connectivity index (χ1) is 11.0. The molecule has 1 aliphatic rings. The standard InChI is InChI=1S/C15H22BrNO5S/c1-20-15-6-5-13(10-14(15)16)23(18,19)17-7-3-8-21-11-12-4-2-9-22-12/h5-6,10,12,17H,2-4,7-9,11H2,1H3. The molecule has 0 aliphatic carbocycles. The first-order valence-corrected chi connectivity index (χ1v) is 9.83. The summed E-state index contributed by atoms with van der Waals surface area (Å²) in [7, 11) is -2.00. The van der Waals surface area contributed by atoms with Gasteiger partial charge in [-0.05, 0) is 53.4 Å². The summed E-state index contributed by atoms with van der Waals surface area (Å²) in [6.07, 6.45) is 2.94. The minimum absolute atomic E-state index is 0.198. The van der Waals surface area contributed by atoms with Crippen LogP contribution < -0.4 is 9.46 Å². The van der Waals surface area contributed by atoms with Gasteiger partial charge >= 0.3 is 0 Å². The number of hydrogen-bond donors (Lipinski definition) is 1. The fourth-order valence-corrected chi connectivity index (χ4v) is 4.06. The van der Waals surface area contributed by atoms with Crippen LogP contribution in [0.5, 0.6) is 5.75 Å². The highest BCUT2D eigenvalue weighted by Crippen LogP contribution is 2.27. The topological polar surface area (TPSA) is 73.9 Å². The normalized spacial score (nSPS) is 18.3. The summed E-state index contributed by atoms with van der Waals surface area (Å²) in [4.78, 5) is 0.199. The summed E-state index contributed by atoms with van der Waals surface area (Å²) in [6, 6.07) is 4.65. The van der Waals surface area contributed by atoms with Gasteiger partial charge in [0, 0.05) is 19.8 Å². The lowest BCUT2D eigenvalue weighted by Crippen LogP contribution is -2.26. The Kier molecular flexibility index (Phi) is 7.29. The van der Waals surface area contributed by atoms with E-state index < -0.39 is 10.0 Å². The molecular formula is C15H22BrNO5S. The summed E-state index contributed by atoms with van der Waals surface area (Å²) in [5, 5.41) is 0. The second-order valence-corrected chi connectivity index (χ2v) is 7.88. The summed E-state index contributed by atoms with van der Waals surface area (Å²) in [5.41, 5.74) is 0. The maximum Gasteiger partial charge on any atom is 0.240 e. The average molecular weight is 408 g/mol. The Balaban J connectivity index is 1.72. The highest BCUT2D eigenvalue weighted by Gasteiger charge is 2.16. The molecule has 2 rings (SSSR count). The second kappa shape index (κ2) is 8.98. The van der Waals surface area contributed by atoms with Crippen molar-refractivity contribution in [2.75, 3.05) is 33.5 Å². The quantitative estimate of drug-likeness (QED) is 0.635. The van der Waals surface area contributed by atoms with Crippen LogP contribution in [0.4, 0.5) is 0 Å². The van der Waals surface area contributed by atoms with E-state index in [2.05, 4.69) is 20.7 Å². The predicted molar refractivity (Wildman–Crippen MR) is 90.3 cm³/mol. The zero-order chi connectivity index (χ0) is 16.7. The molecule has 1 aliphatic heterocycles. The molecule has 1 unspecified atom stereocenters. The van der Waals surface area contributed by atoms with Crippen LogP contribution in [-0.4, -0.2) is 48.0 Å². The van der Waals surface area contributed by atoms with Crippen molar-refractivity contribution in [3.05, 3.63) is 22.7 Å². The van der Waals surface area contributed by atoms with Gasteiger partial charge in [-0.2, -0.15) is 0 Å². The van der Waals surface area contributed by atoms with E-state index in [1.165, 1.54) is 19.2 Å². The third kappa shape index (κ3) is 5.72. The van der Waals surface area contributed by atoms with Crippen LogP contribution in [0.2, 0.25) is 0 Å². The zero-order valence-electron chi connectivity index (χ0n) is 13.1. The zero-order valence-corrected chi connectivity index (χ0v) is 15.5. The number of methoxy groups -OCH3 is 1. The first kappa shape index (κ1) is 18.7. The number of ether oxygens (including phenoxy) is 3. The molecule has 6 nitrogen and oxygen atoms in total. The first-order valence-electron chi connectivity index (χ1n) is 7.55. The molecule has 8 heteroatoms. The number of nitrogens with one attached hydrogen (secondary N) is 1. The molecule has 0 saturated carbocycles. The maximum atomic E-state index is 12.2. The fraction of sp³-hybridized carbons (Fsp3) is 0.600. The number of rotatable bonds is 9. The second-order valence-electron chi connectivity index (χ2n) is 5.26. The number of benzene rings is 1. The molecule has 0 amide bonds. The van der Waals surface area contributed by atoms with Crippen molar-refractivity contribution >= 4 is 26.0 Å². The van der Waals surface area contributed by atoms with Gasteiger partial charge in [-0.1, -0.05) is 0 Å². The minimum atomic E-state index is -3.53. The summed E-state index contributed by atoms with van der Waals surface area (Å²) in [6.45, 7) is 2.23. The number of halogens is 1. The summed E-state index contributed by atoms with van der Waals surface area (Å²) < 4.78 is 43.6. The van der Waals surface area contributed by atoms with Gasteiger partial charge < -0.3 is 14.2 Å². The van der Waals surface area contributed by atoms with Gasteiger partial charge in [-0.3, -0.25) is 0 Å². The van der Waals surface area contributed by atoms with Gasteiger partial charge in [-0.25, -0.2) is 13.1 Å². The Hall–Kier alpha value is -0.670. The van der Waals surface area contributed by atoms with E-state index in [9.17, 15) is 8.42 Å². The van der Waals surface area contributed by atoms with Crippen LogP contribution in [0.25, 0.3) is 0 Å². The van der Waals surface area contributed by atoms with Gasteiger partial charge in [0.15, 0.2) is 0 Å². The van der Waals surface area contributed by atoms with Crippen molar-refractivity contribution in [3.63, 3.8) is 0 Å². The van der Waals surface area contributed by atoms with Crippen LogP contribution in [-0.2, 0) is 19.5 Å². The smallest absolute Gasteiger partial charge is 0.240 e. The van der Waals surface area contributed by atoms with E-state index in [1.807, 2.05) is 0 Å². The maximum absolute atomic E-state index is 12.2. The van der Waals surface area contributed by atoms with Crippen molar-refractivity contribution in [2.45, 2.75) is 30.3 Å². The van der Waals surface area contributed by atoms with Crippen molar-refractivity contribution in [1.29, 1.82) is 0 Å². The van der Waals surface area contributed by atoms with Crippen LogP contribution in [0.15, 0.2) is 27.6 Å². The van der Waals surface area contributed by atoms with E-state index in [0.717, 1.165) is 19.4 Å². The van der Waals surface area contributed by atoms with Crippen molar-refractivity contribution < 1.29 is 22.6 Å². The molecule has 0 spiro atoms. The van der Waals surface area contributed by atoms with Gasteiger partial charge in [0.2, 0.25) is 10.0 Å². The van der Waals surface area contributed by atoms with Crippen LogP contribution in [0, 0.1) is 0 Å². The largest absolute Gasteiger partial charge is 0.496 e. The molecule has 1 heterocycles. The summed E-state index contributed by atoms with van der Waals surface area (Å²) in [5.74, 6) is 0.589. The molecule has 0 bridgehead atoms. The molecule has 0 aromatic heterocycles. The molecule has 23 heavy (non-hydrogen) atoms. The minimum Gasteiger partial charge on any atom is -0.496 e. The Morgan fingerprint density at radius 2 is 2.26 bits per heavy atom. The molecule has 1 aromatic carbocycles. The van der Waals surface area contributed by atoms with E-state index >= 15 is 0 Å². The molecule has 1 fully saturated rings. The van der Waals surface area contributed by atoms with Gasteiger partial charge in [0.25, 0.3) is 0 Å². The Bertz CT molecular complexity index is 602. The predicted octanol–water partition coefficient (Wildman–Crippen LogP) is 2.32. The van der Waals surface area contributed by atoms with E-state index in [-0.39, 0.29) is 11.0 Å². The molecule has 1 N–H and O–H groups in total. The van der Waals surface area contributed by atoms with Gasteiger partial charge in [0.1, 0.15) is 5.75 Å². The molecule has 130 valence electrons. The number of sulfonamides is 1. The molecular weight excluding hydrogens is 386 g/mol. The van der Waals surface area contributed by atoms with Gasteiger partial charge in [-0.15, -0.1) is 0 Å². The molecule has 0 radical (unpaired) electrons. The SMILES string of the molecule is COc1ccc(S(=O)(=O)NCCCOCC2CCCO2)cc1Br. The lowest BCUT2D eigenvalue weighted by Gasteiger charge is -2.11. The highest BCUT2D eigenvalue weighted by atomic mass is 79.9. The van der Waals surface area contributed by atoms with Crippen molar-refractivity contribution in [2.24, 2.45) is 0 Å². The Morgan fingerprint density at radius 3 is 2.91 bits per heavy atom. The van der Waals surface area contributed by atoms with E-state index in [4.69, 9.17) is 14.2 Å². The molecule has 1 aromatic rings. The Morgan fingerprint density at radius 1 is 1.43 bits per heavy atom. The van der Waals surface area contributed by atoms with E-state index in [1.54, 1.807) is 6.07 Å². The Labute approximate surface area is 145 Å². The third-order valence-corrected chi connectivity index (χ3v) is 5.60. The van der Waals surface area contributed by atoms with Crippen LogP contribution >= 0.6 is 15.9 Å². The molecule has 1 saturated heterocycles. The average Bonchev–Trinajstić information content (AvgIpc) is 3.04. The lowest BCUT2D eigenvalue weighted by atomic mass is 10.2. The number of hydrogen-bond acceptors (Lipinski definition) is 5.